The minimum atomic E-state index is -0.0537. The molecule has 0 unspecified atom stereocenters. The van der Waals surface area contributed by atoms with Crippen LogP contribution >= 0.6 is 15.9 Å². The van der Waals surface area contributed by atoms with E-state index >= 15 is 0 Å². The second-order valence-electron chi connectivity index (χ2n) is 5.37. The Hall–Kier alpha value is -2.27. The van der Waals surface area contributed by atoms with Gasteiger partial charge in [-0.2, -0.15) is 0 Å². The average Bonchev–Trinajstić information content (AvgIpc) is 2.60. The van der Waals surface area contributed by atoms with E-state index in [4.69, 9.17) is 9.47 Å². The van der Waals surface area contributed by atoms with Crippen molar-refractivity contribution in [2.75, 3.05) is 33.2 Å². The van der Waals surface area contributed by atoms with Gasteiger partial charge in [0, 0.05) is 29.8 Å². The van der Waals surface area contributed by atoms with E-state index < -0.39 is 0 Å². The first kappa shape index (κ1) is 18.1. The zero-order valence-electron chi connectivity index (χ0n) is 14.2. The molecule has 2 rings (SSSR count). The summed E-state index contributed by atoms with van der Waals surface area (Å²) in [7, 11) is 7.09. The number of anilines is 1. The zero-order valence-corrected chi connectivity index (χ0v) is 15.8. The van der Waals surface area contributed by atoms with E-state index in [0.717, 1.165) is 15.7 Å². The van der Waals surface area contributed by atoms with E-state index in [1.165, 1.54) is 0 Å². The molecule has 0 spiro atoms. The summed E-state index contributed by atoms with van der Waals surface area (Å²) in [6, 6.07) is 11.1. The Morgan fingerprint density at radius 1 is 1.04 bits per heavy atom. The number of methoxy groups -OCH3 is 2. The molecular formula is C19H20BrNO3. The highest BCUT2D eigenvalue weighted by molar-refractivity contribution is 9.10. The smallest absolute Gasteiger partial charge is 0.185 e. The molecule has 0 bridgehead atoms. The molecule has 2 aromatic carbocycles. The van der Waals surface area contributed by atoms with Crippen molar-refractivity contribution in [1.29, 1.82) is 0 Å². The van der Waals surface area contributed by atoms with Gasteiger partial charge in [0.2, 0.25) is 0 Å². The number of allylic oxidation sites excluding steroid dienone is 1. The van der Waals surface area contributed by atoms with Crippen molar-refractivity contribution < 1.29 is 14.3 Å². The Balaban J connectivity index is 2.22. The SMILES string of the molecule is COc1cc(Br)c(C=CC(=O)c2ccc(N(C)C)cc2)cc1OC. The fourth-order valence-corrected chi connectivity index (χ4v) is 2.64. The molecule has 0 saturated carbocycles. The molecule has 0 heterocycles. The fourth-order valence-electron chi connectivity index (χ4n) is 2.18. The van der Waals surface area contributed by atoms with Gasteiger partial charge in [0.1, 0.15) is 0 Å². The number of carbonyl (C=O) groups excluding carboxylic acids is 1. The van der Waals surface area contributed by atoms with Gasteiger partial charge in [-0.3, -0.25) is 4.79 Å². The van der Waals surface area contributed by atoms with E-state index in [9.17, 15) is 4.79 Å². The highest BCUT2D eigenvalue weighted by Crippen LogP contribution is 2.33. The van der Waals surface area contributed by atoms with Gasteiger partial charge < -0.3 is 14.4 Å². The van der Waals surface area contributed by atoms with Gasteiger partial charge in [-0.1, -0.05) is 15.9 Å². The first-order chi connectivity index (χ1) is 11.5. The van der Waals surface area contributed by atoms with Crippen LogP contribution in [0.5, 0.6) is 11.5 Å². The molecule has 5 heteroatoms. The van der Waals surface area contributed by atoms with Crippen LogP contribution in [-0.2, 0) is 0 Å². The summed E-state index contributed by atoms with van der Waals surface area (Å²) in [5.74, 6) is 1.19. The number of hydrogen-bond acceptors (Lipinski definition) is 4. The van der Waals surface area contributed by atoms with Crippen molar-refractivity contribution in [2.45, 2.75) is 0 Å². The average molecular weight is 390 g/mol. The zero-order chi connectivity index (χ0) is 17.7. The second-order valence-corrected chi connectivity index (χ2v) is 6.22. The van der Waals surface area contributed by atoms with Crippen LogP contribution in [0.1, 0.15) is 15.9 Å². The largest absolute Gasteiger partial charge is 0.493 e. The Morgan fingerprint density at radius 3 is 2.17 bits per heavy atom. The highest BCUT2D eigenvalue weighted by Gasteiger charge is 2.08. The van der Waals surface area contributed by atoms with Crippen molar-refractivity contribution in [3.05, 3.63) is 58.1 Å². The highest BCUT2D eigenvalue weighted by atomic mass is 79.9. The van der Waals surface area contributed by atoms with Gasteiger partial charge >= 0.3 is 0 Å². The maximum Gasteiger partial charge on any atom is 0.185 e. The van der Waals surface area contributed by atoms with Gasteiger partial charge in [-0.25, -0.2) is 0 Å². The lowest BCUT2D eigenvalue weighted by molar-refractivity contribution is 0.104. The maximum atomic E-state index is 12.3. The van der Waals surface area contributed by atoms with Crippen molar-refractivity contribution in [1.82, 2.24) is 0 Å². The van der Waals surface area contributed by atoms with Crippen LogP contribution in [0, 0.1) is 0 Å². The third-order valence-corrected chi connectivity index (χ3v) is 4.27. The van der Waals surface area contributed by atoms with Gasteiger partial charge in [0.05, 0.1) is 14.2 Å². The molecular weight excluding hydrogens is 370 g/mol. The molecule has 0 radical (unpaired) electrons. The van der Waals surface area contributed by atoms with Crippen LogP contribution in [0.3, 0.4) is 0 Å². The summed E-state index contributed by atoms with van der Waals surface area (Å²) in [5.41, 5.74) is 2.54. The van der Waals surface area contributed by atoms with Gasteiger partial charge in [0.25, 0.3) is 0 Å². The standard InChI is InChI=1S/C19H20BrNO3/c1-21(2)15-8-5-13(6-9-15)17(22)10-7-14-11-18(23-3)19(24-4)12-16(14)20/h5-12H,1-4H3. The topological polar surface area (TPSA) is 38.8 Å². The first-order valence-corrected chi connectivity index (χ1v) is 8.17. The number of hydrogen-bond donors (Lipinski definition) is 0. The number of ether oxygens (including phenoxy) is 2. The molecule has 0 aliphatic rings. The molecule has 0 amide bonds. The summed E-state index contributed by atoms with van der Waals surface area (Å²) in [5, 5.41) is 0. The number of carbonyl (C=O) groups is 1. The van der Waals surface area contributed by atoms with E-state index in [-0.39, 0.29) is 5.78 Å². The molecule has 0 aromatic heterocycles. The quantitative estimate of drug-likeness (QED) is 0.541. The van der Waals surface area contributed by atoms with E-state index in [1.54, 1.807) is 26.4 Å². The molecule has 24 heavy (non-hydrogen) atoms. The summed E-state index contributed by atoms with van der Waals surface area (Å²) in [6.45, 7) is 0. The van der Waals surface area contributed by atoms with Crippen LogP contribution in [0.2, 0.25) is 0 Å². The molecule has 0 N–H and O–H groups in total. The number of halogens is 1. The molecule has 4 nitrogen and oxygen atoms in total. The molecule has 0 atom stereocenters. The van der Waals surface area contributed by atoms with Crippen LogP contribution in [0.4, 0.5) is 5.69 Å². The van der Waals surface area contributed by atoms with Crippen molar-refractivity contribution >= 4 is 33.5 Å². The number of ketones is 1. The molecule has 0 fully saturated rings. The predicted molar refractivity (Wildman–Crippen MR) is 101 cm³/mol. The van der Waals surface area contributed by atoms with Gasteiger partial charge in [-0.15, -0.1) is 0 Å². The van der Waals surface area contributed by atoms with E-state index in [0.29, 0.717) is 17.1 Å². The van der Waals surface area contributed by atoms with E-state index in [1.807, 2.05) is 55.4 Å². The number of benzene rings is 2. The van der Waals surface area contributed by atoms with Gasteiger partial charge in [0.15, 0.2) is 17.3 Å². The van der Waals surface area contributed by atoms with Crippen LogP contribution in [0.25, 0.3) is 6.08 Å². The second kappa shape index (κ2) is 8.02. The lowest BCUT2D eigenvalue weighted by Gasteiger charge is -2.12. The Labute approximate surface area is 150 Å². The molecule has 2 aromatic rings. The normalized spacial score (nSPS) is 10.7. The monoisotopic (exact) mass is 389 g/mol. The summed E-state index contributed by atoms with van der Waals surface area (Å²) >= 11 is 3.48. The third kappa shape index (κ3) is 4.17. The lowest BCUT2D eigenvalue weighted by Crippen LogP contribution is -2.08. The van der Waals surface area contributed by atoms with Crippen molar-refractivity contribution in [3.8, 4) is 11.5 Å². The van der Waals surface area contributed by atoms with Crippen molar-refractivity contribution in [3.63, 3.8) is 0 Å². The fraction of sp³-hybridized carbons (Fsp3) is 0.211. The van der Waals surface area contributed by atoms with Crippen LogP contribution < -0.4 is 14.4 Å². The summed E-state index contributed by atoms with van der Waals surface area (Å²) < 4.78 is 11.4. The lowest BCUT2D eigenvalue weighted by atomic mass is 10.1. The number of rotatable bonds is 6. The molecule has 126 valence electrons. The predicted octanol–water partition coefficient (Wildman–Crippen LogP) is 4.43. The summed E-state index contributed by atoms with van der Waals surface area (Å²) in [6.07, 6.45) is 3.31. The summed E-state index contributed by atoms with van der Waals surface area (Å²) in [4.78, 5) is 14.3. The Bertz CT molecular complexity index is 752. The molecule has 0 saturated heterocycles. The minimum absolute atomic E-state index is 0.0537. The minimum Gasteiger partial charge on any atom is -0.493 e. The first-order valence-electron chi connectivity index (χ1n) is 7.37. The van der Waals surface area contributed by atoms with Crippen LogP contribution in [0.15, 0.2) is 46.9 Å². The Kier molecular flexibility index (Phi) is 6.04. The maximum absolute atomic E-state index is 12.3. The van der Waals surface area contributed by atoms with Crippen molar-refractivity contribution in [2.24, 2.45) is 0 Å². The van der Waals surface area contributed by atoms with E-state index in [2.05, 4.69) is 15.9 Å². The van der Waals surface area contributed by atoms with Gasteiger partial charge in [-0.05, 0) is 54.1 Å². The Morgan fingerprint density at radius 2 is 1.62 bits per heavy atom. The third-order valence-electron chi connectivity index (χ3n) is 3.59. The number of nitrogens with zero attached hydrogens (tertiary/aromatic N) is 1. The molecule has 0 aliphatic carbocycles. The molecule has 0 aliphatic heterocycles. The van der Waals surface area contributed by atoms with Crippen LogP contribution in [-0.4, -0.2) is 34.1 Å².